The minimum atomic E-state index is -1.12. The van der Waals surface area contributed by atoms with Gasteiger partial charge in [0.25, 0.3) is 0 Å². The predicted octanol–water partition coefficient (Wildman–Crippen LogP) is 6.77. The highest BCUT2D eigenvalue weighted by atomic mass is 16.5. The molecule has 0 saturated heterocycles. The molecule has 8 nitrogen and oxygen atoms in total. The summed E-state index contributed by atoms with van der Waals surface area (Å²) in [5, 5.41) is 21.2. The molecule has 0 radical (unpaired) electrons. The number of allylic oxidation sites excluding steroid dienone is 2. The van der Waals surface area contributed by atoms with Gasteiger partial charge >= 0.3 is 17.9 Å². The topological polar surface area (TPSA) is 130 Å². The number of carboxylic acid groups (broad SMARTS) is 2. The molecular formula is C36H55NO7. The van der Waals surface area contributed by atoms with Crippen molar-refractivity contribution in [2.24, 2.45) is 50.2 Å². The maximum Gasteiger partial charge on any atom is 0.322 e. The van der Waals surface area contributed by atoms with Crippen LogP contribution in [-0.4, -0.2) is 46.7 Å². The molecular weight excluding hydrogens is 558 g/mol. The third kappa shape index (κ3) is 5.01. The first kappa shape index (κ1) is 33.0. The Balaban J connectivity index is 1.35. The summed E-state index contributed by atoms with van der Waals surface area (Å²) >= 11 is 0. The zero-order valence-electron chi connectivity index (χ0n) is 28.0. The first-order chi connectivity index (χ1) is 20.3. The number of carbonyl (C=O) groups is 4. The van der Waals surface area contributed by atoms with E-state index in [1.165, 1.54) is 0 Å². The standard InChI is InChI=1S/C36H55NO7/c1-31(2)24-12-15-36(7)25(34(24,5)14-13-26(31)44-29(41)11-10-27(38)37-21-28(39)40)9-8-22-23-20-33(4,30(42)43)17-16-32(23,3)18-19-35(22,36)6/h8,23-26H,9-21H2,1-7H3,(H,37,38)(H,39,40)(H,42,43)/t23-,24-,25+,26?,32+,33-,34-,35+,36+/m0/s1. The van der Waals surface area contributed by atoms with Crippen LogP contribution in [0, 0.1) is 50.2 Å². The van der Waals surface area contributed by atoms with E-state index in [-0.39, 0.29) is 46.0 Å². The van der Waals surface area contributed by atoms with Gasteiger partial charge in [0.1, 0.15) is 12.6 Å². The number of amides is 1. The Morgan fingerprint density at radius 1 is 0.864 bits per heavy atom. The fraction of sp³-hybridized carbons (Fsp3) is 0.833. The second-order valence-corrected chi connectivity index (χ2v) is 17.1. The highest BCUT2D eigenvalue weighted by Gasteiger charge is 2.68. The molecule has 0 aromatic rings. The summed E-state index contributed by atoms with van der Waals surface area (Å²) in [7, 11) is 0. The molecule has 0 aliphatic heterocycles. The van der Waals surface area contributed by atoms with Crippen molar-refractivity contribution in [2.75, 3.05) is 6.54 Å². The molecule has 4 fully saturated rings. The number of nitrogens with one attached hydrogen (secondary N) is 1. The van der Waals surface area contributed by atoms with Gasteiger partial charge in [0.05, 0.1) is 11.8 Å². The molecule has 0 bridgehead atoms. The van der Waals surface area contributed by atoms with Crippen molar-refractivity contribution < 1.29 is 34.1 Å². The monoisotopic (exact) mass is 613 g/mol. The van der Waals surface area contributed by atoms with Crippen molar-refractivity contribution >= 4 is 23.8 Å². The van der Waals surface area contributed by atoms with Gasteiger partial charge in [-0.2, -0.15) is 0 Å². The lowest BCUT2D eigenvalue weighted by atomic mass is 9.33. The van der Waals surface area contributed by atoms with E-state index in [1.807, 2.05) is 6.92 Å². The minimum absolute atomic E-state index is 0.0412. The molecule has 0 aromatic carbocycles. The molecule has 5 aliphatic rings. The Hall–Kier alpha value is -2.38. The Morgan fingerprint density at radius 3 is 2.20 bits per heavy atom. The highest BCUT2D eigenvalue weighted by molar-refractivity contribution is 5.84. The minimum Gasteiger partial charge on any atom is -0.481 e. The Labute approximate surface area is 263 Å². The second kappa shape index (κ2) is 10.9. The Bertz CT molecular complexity index is 1260. The highest BCUT2D eigenvalue weighted by Crippen LogP contribution is 2.75. The normalized spacial score (nSPS) is 44.0. The second-order valence-electron chi connectivity index (χ2n) is 17.1. The van der Waals surface area contributed by atoms with Crippen molar-refractivity contribution in [1.82, 2.24) is 5.32 Å². The first-order valence-corrected chi connectivity index (χ1v) is 16.9. The van der Waals surface area contributed by atoms with E-state index in [0.717, 1.165) is 64.2 Å². The average Bonchev–Trinajstić information content (AvgIpc) is 2.93. The van der Waals surface area contributed by atoms with E-state index in [4.69, 9.17) is 9.84 Å². The fourth-order valence-corrected chi connectivity index (χ4v) is 11.4. The largest absolute Gasteiger partial charge is 0.481 e. The van der Waals surface area contributed by atoms with E-state index in [1.54, 1.807) is 5.57 Å². The smallest absolute Gasteiger partial charge is 0.322 e. The number of rotatable bonds is 7. The summed E-state index contributed by atoms with van der Waals surface area (Å²) in [5.74, 6) is -1.44. The van der Waals surface area contributed by atoms with Crippen LogP contribution >= 0.6 is 0 Å². The lowest BCUT2D eigenvalue weighted by Crippen LogP contribution is -2.64. The van der Waals surface area contributed by atoms with Crippen LogP contribution in [0.1, 0.15) is 126 Å². The molecule has 9 atom stereocenters. The van der Waals surface area contributed by atoms with E-state index in [2.05, 4.69) is 52.9 Å². The molecule has 3 N–H and O–H groups in total. The van der Waals surface area contributed by atoms with Crippen LogP contribution in [0.5, 0.6) is 0 Å². The zero-order valence-corrected chi connectivity index (χ0v) is 28.0. The number of esters is 1. The molecule has 5 aliphatic carbocycles. The number of aliphatic carboxylic acids is 2. The third-order valence-electron chi connectivity index (χ3n) is 14.6. The molecule has 0 aromatic heterocycles. The van der Waals surface area contributed by atoms with E-state index in [9.17, 15) is 24.3 Å². The van der Waals surface area contributed by atoms with Gasteiger partial charge in [-0.1, -0.05) is 53.2 Å². The van der Waals surface area contributed by atoms with Gasteiger partial charge in [-0.25, -0.2) is 0 Å². The number of ether oxygens (including phenoxy) is 1. The van der Waals surface area contributed by atoms with E-state index < -0.39 is 35.8 Å². The van der Waals surface area contributed by atoms with Crippen LogP contribution in [0.25, 0.3) is 0 Å². The molecule has 1 amide bonds. The summed E-state index contributed by atoms with van der Waals surface area (Å²) in [6.45, 7) is 16.0. The van der Waals surface area contributed by atoms with Crippen molar-refractivity contribution in [2.45, 2.75) is 132 Å². The van der Waals surface area contributed by atoms with Crippen LogP contribution in [0.4, 0.5) is 0 Å². The maximum atomic E-state index is 12.8. The summed E-state index contributed by atoms with van der Waals surface area (Å²) in [4.78, 5) is 47.8. The molecule has 0 spiro atoms. The van der Waals surface area contributed by atoms with Crippen LogP contribution in [0.2, 0.25) is 0 Å². The quantitative estimate of drug-likeness (QED) is 0.213. The summed E-state index contributed by atoms with van der Waals surface area (Å²) in [6, 6.07) is 0. The number of hydrogen-bond donors (Lipinski definition) is 3. The van der Waals surface area contributed by atoms with Crippen molar-refractivity contribution in [3.63, 3.8) is 0 Å². The maximum absolute atomic E-state index is 12.8. The van der Waals surface area contributed by atoms with Gasteiger partial charge in [0.15, 0.2) is 0 Å². The number of fused-ring (bicyclic) bond motifs is 7. The molecule has 4 saturated carbocycles. The van der Waals surface area contributed by atoms with Crippen LogP contribution in [0.3, 0.4) is 0 Å². The third-order valence-corrected chi connectivity index (χ3v) is 14.6. The Morgan fingerprint density at radius 2 is 1.55 bits per heavy atom. The van der Waals surface area contributed by atoms with E-state index in [0.29, 0.717) is 17.8 Å². The summed E-state index contributed by atoms with van der Waals surface area (Å²) in [6.07, 6.45) is 12.0. The van der Waals surface area contributed by atoms with Gasteiger partial charge in [0, 0.05) is 11.8 Å². The lowest BCUT2D eigenvalue weighted by Gasteiger charge is -2.71. The predicted molar refractivity (Wildman–Crippen MR) is 166 cm³/mol. The number of carboxylic acids is 2. The zero-order chi connectivity index (χ0) is 32.5. The van der Waals surface area contributed by atoms with Crippen molar-refractivity contribution in [1.29, 1.82) is 0 Å². The van der Waals surface area contributed by atoms with Crippen molar-refractivity contribution in [3.8, 4) is 0 Å². The van der Waals surface area contributed by atoms with E-state index >= 15 is 0 Å². The Kier molecular flexibility index (Phi) is 8.15. The fourth-order valence-electron chi connectivity index (χ4n) is 11.4. The number of carbonyl (C=O) groups excluding carboxylic acids is 2. The van der Waals surface area contributed by atoms with Crippen LogP contribution < -0.4 is 5.32 Å². The van der Waals surface area contributed by atoms with Gasteiger partial charge < -0.3 is 20.3 Å². The van der Waals surface area contributed by atoms with Gasteiger partial charge in [-0.05, 0) is 111 Å². The van der Waals surface area contributed by atoms with Crippen LogP contribution in [-0.2, 0) is 23.9 Å². The first-order valence-electron chi connectivity index (χ1n) is 16.9. The van der Waals surface area contributed by atoms with Crippen molar-refractivity contribution in [3.05, 3.63) is 11.6 Å². The summed E-state index contributed by atoms with van der Waals surface area (Å²) in [5.41, 5.74) is 1.08. The lowest BCUT2D eigenvalue weighted by molar-refractivity contribution is -0.213. The SMILES string of the molecule is CC1(C)C(OC(=O)CCC(=O)NCC(=O)O)CC[C@]2(C)[C@H]3CC=C4[C@@H]5C[C@@](C)(C(=O)O)CC[C@]5(C)CC[C@@]4(C)[C@]3(C)CC[C@@H]12. The van der Waals surface area contributed by atoms with Gasteiger partial charge in [0.2, 0.25) is 5.91 Å². The number of hydrogen-bond acceptors (Lipinski definition) is 5. The van der Waals surface area contributed by atoms with Gasteiger partial charge in [-0.3, -0.25) is 19.2 Å². The molecule has 44 heavy (non-hydrogen) atoms. The average molecular weight is 614 g/mol. The molecule has 1 unspecified atom stereocenters. The van der Waals surface area contributed by atoms with Gasteiger partial charge in [-0.15, -0.1) is 0 Å². The molecule has 246 valence electrons. The summed E-state index contributed by atoms with van der Waals surface area (Å²) < 4.78 is 6.06. The molecule has 5 rings (SSSR count). The molecule has 8 heteroatoms. The van der Waals surface area contributed by atoms with Crippen LogP contribution in [0.15, 0.2) is 11.6 Å². The molecule has 0 heterocycles.